The minimum Gasteiger partial charge on any atom is -0.309 e. The molecule has 0 saturated heterocycles. The van der Waals surface area contributed by atoms with Gasteiger partial charge in [-0.1, -0.05) is 12.1 Å². The minimum atomic E-state index is 1.17. The third kappa shape index (κ3) is 3.67. The summed E-state index contributed by atoms with van der Waals surface area (Å²) < 4.78 is 0. The molecule has 84 valence electrons. The van der Waals surface area contributed by atoms with Crippen LogP contribution in [0.15, 0.2) is 12.1 Å². The Bertz CT molecular complexity index is 303. The van der Waals surface area contributed by atoms with E-state index >= 15 is 0 Å². The predicted molar refractivity (Wildman–Crippen MR) is 67.5 cm³/mol. The Hall–Kier alpha value is -0.820. The first kappa shape index (κ1) is 12.3. The fourth-order valence-corrected chi connectivity index (χ4v) is 1.87. The number of aryl methyl sites for hydroxylation is 3. The second-order valence-electron chi connectivity index (χ2n) is 4.76. The third-order valence-corrected chi connectivity index (χ3v) is 3.06. The second-order valence-corrected chi connectivity index (χ2v) is 4.76. The van der Waals surface area contributed by atoms with Crippen molar-refractivity contribution in [2.75, 3.05) is 20.6 Å². The van der Waals surface area contributed by atoms with E-state index in [2.05, 4.69) is 51.9 Å². The van der Waals surface area contributed by atoms with E-state index in [1.165, 1.54) is 41.6 Å². The van der Waals surface area contributed by atoms with Gasteiger partial charge in [0, 0.05) is 0 Å². The van der Waals surface area contributed by atoms with E-state index in [1.807, 2.05) is 0 Å². The maximum Gasteiger partial charge on any atom is -0.00217 e. The quantitative estimate of drug-likeness (QED) is 0.730. The summed E-state index contributed by atoms with van der Waals surface area (Å²) in [5, 5.41) is 0. The number of benzene rings is 1. The summed E-state index contributed by atoms with van der Waals surface area (Å²) in [6, 6.07) is 4.66. The lowest BCUT2D eigenvalue weighted by atomic mass is 9.98. The molecule has 1 heteroatoms. The van der Waals surface area contributed by atoms with Gasteiger partial charge in [-0.25, -0.2) is 0 Å². The Morgan fingerprint density at radius 3 is 2.00 bits per heavy atom. The molecule has 0 aliphatic carbocycles. The van der Waals surface area contributed by atoms with Crippen molar-refractivity contribution in [3.8, 4) is 0 Å². The fraction of sp³-hybridized carbons (Fsp3) is 0.571. The van der Waals surface area contributed by atoms with Gasteiger partial charge in [0.05, 0.1) is 0 Å². The molecule has 0 aromatic heterocycles. The molecule has 0 spiro atoms. The van der Waals surface area contributed by atoms with Crippen molar-refractivity contribution in [1.29, 1.82) is 0 Å². The Balaban J connectivity index is 2.63. The molecule has 0 saturated carbocycles. The molecule has 0 amide bonds. The van der Waals surface area contributed by atoms with Gasteiger partial charge in [-0.15, -0.1) is 0 Å². The van der Waals surface area contributed by atoms with Gasteiger partial charge in [0.1, 0.15) is 0 Å². The van der Waals surface area contributed by atoms with Crippen LogP contribution in [-0.2, 0) is 6.42 Å². The average Bonchev–Trinajstić information content (AvgIpc) is 2.13. The van der Waals surface area contributed by atoms with Crippen LogP contribution in [0.2, 0.25) is 0 Å². The first-order chi connectivity index (χ1) is 7.00. The number of hydrogen-bond acceptors (Lipinski definition) is 1. The molecule has 1 nitrogen and oxygen atoms in total. The summed E-state index contributed by atoms with van der Waals surface area (Å²) >= 11 is 0. The average molecular weight is 205 g/mol. The van der Waals surface area contributed by atoms with Gasteiger partial charge in [0.25, 0.3) is 0 Å². The molecular formula is C14H23N. The maximum atomic E-state index is 2.33. The molecule has 0 N–H and O–H groups in total. The highest BCUT2D eigenvalue weighted by Gasteiger charge is 2.01. The van der Waals surface area contributed by atoms with Crippen LogP contribution in [0.1, 0.15) is 28.7 Å². The van der Waals surface area contributed by atoms with E-state index in [4.69, 9.17) is 0 Å². The zero-order valence-corrected chi connectivity index (χ0v) is 10.7. The second kappa shape index (κ2) is 5.32. The molecule has 0 radical (unpaired) electrons. The van der Waals surface area contributed by atoms with E-state index < -0.39 is 0 Å². The molecule has 1 aromatic carbocycles. The van der Waals surface area contributed by atoms with Gasteiger partial charge in [0.15, 0.2) is 0 Å². The van der Waals surface area contributed by atoms with Crippen LogP contribution in [0.5, 0.6) is 0 Å². The van der Waals surface area contributed by atoms with Crippen LogP contribution in [0.4, 0.5) is 0 Å². The highest BCUT2D eigenvalue weighted by atomic mass is 15.0. The van der Waals surface area contributed by atoms with Crippen molar-refractivity contribution in [3.63, 3.8) is 0 Å². The third-order valence-electron chi connectivity index (χ3n) is 3.06. The molecule has 0 aliphatic rings. The van der Waals surface area contributed by atoms with E-state index in [0.717, 1.165) is 0 Å². The molecule has 0 fully saturated rings. The normalized spacial score (nSPS) is 11.1. The van der Waals surface area contributed by atoms with Crippen LogP contribution in [0.3, 0.4) is 0 Å². The number of nitrogens with zero attached hydrogens (tertiary/aromatic N) is 1. The Kier molecular flexibility index (Phi) is 4.34. The van der Waals surface area contributed by atoms with E-state index in [0.29, 0.717) is 0 Å². The molecule has 0 atom stereocenters. The van der Waals surface area contributed by atoms with Crippen LogP contribution >= 0.6 is 0 Å². The van der Waals surface area contributed by atoms with Crippen molar-refractivity contribution < 1.29 is 0 Å². The van der Waals surface area contributed by atoms with Crippen LogP contribution in [0, 0.1) is 20.8 Å². The topological polar surface area (TPSA) is 3.24 Å². The summed E-state index contributed by atoms with van der Waals surface area (Å²) in [6.45, 7) is 7.79. The molecule has 0 aliphatic heterocycles. The van der Waals surface area contributed by atoms with Crippen molar-refractivity contribution in [2.45, 2.75) is 33.6 Å². The monoisotopic (exact) mass is 205 g/mol. The maximum absolute atomic E-state index is 2.33. The van der Waals surface area contributed by atoms with Crippen molar-refractivity contribution in [3.05, 3.63) is 34.4 Å². The summed E-state index contributed by atoms with van der Waals surface area (Å²) in [6.07, 6.45) is 2.44. The summed E-state index contributed by atoms with van der Waals surface area (Å²) in [5.41, 5.74) is 5.77. The summed E-state index contributed by atoms with van der Waals surface area (Å²) in [4.78, 5) is 2.24. The first-order valence-corrected chi connectivity index (χ1v) is 5.72. The Morgan fingerprint density at radius 1 is 1.00 bits per heavy atom. The van der Waals surface area contributed by atoms with Crippen molar-refractivity contribution in [1.82, 2.24) is 4.90 Å². The summed E-state index contributed by atoms with van der Waals surface area (Å²) in [5.74, 6) is 0. The smallest absolute Gasteiger partial charge is 0.00217 e. The molecule has 15 heavy (non-hydrogen) atoms. The van der Waals surface area contributed by atoms with Gasteiger partial charge >= 0.3 is 0 Å². The standard InChI is InChI=1S/C14H23N/c1-11-9-14(7-6-8-15(4)5)10-12(2)13(11)3/h9-10H,6-8H2,1-5H3. The van der Waals surface area contributed by atoms with Crippen LogP contribution < -0.4 is 0 Å². The lowest BCUT2D eigenvalue weighted by Crippen LogP contribution is -2.13. The van der Waals surface area contributed by atoms with Gasteiger partial charge in [-0.3, -0.25) is 0 Å². The minimum absolute atomic E-state index is 1.17. The SMILES string of the molecule is Cc1cc(CCCN(C)C)cc(C)c1C. The molecule has 0 bridgehead atoms. The highest BCUT2D eigenvalue weighted by Crippen LogP contribution is 2.16. The zero-order chi connectivity index (χ0) is 11.4. The van der Waals surface area contributed by atoms with Crippen molar-refractivity contribution >= 4 is 0 Å². The molecular weight excluding hydrogens is 182 g/mol. The summed E-state index contributed by atoms with van der Waals surface area (Å²) in [7, 11) is 4.26. The van der Waals surface area contributed by atoms with Crippen LogP contribution in [0.25, 0.3) is 0 Å². The molecule has 1 rings (SSSR count). The van der Waals surface area contributed by atoms with Gasteiger partial charge in [0.2, 0.25) is 0 Å². The van der Waals surface area contributed by atoms with Gasteiger partial charge in [-0.2, -0.15) is 0 Å². The lowest BCUT2D eigenvalue weighted by Gasteiger charge is -2.11. The van der Waals surface area contributed by atoms with E-state index in [1.54, 1.807) is 0 Å². The first-order valence-electron chi connectivity index (χ1n) is 5.72. The predicted octanol–water partition coefficient (Wildman–Crippen LogP) is 3.11. The molecule has 0 unspecified atom stereocenters. The van der Waals surface area contributed by atoms with Gasteiger partial charge < -0.3 is 4.90 Å². The van der Waals surface area contributed by atoms with E-state index in [9.17, 15) is 0 Å². The van der Waals surface area contributed by atoms with E-state index in [-0.39, 0.29) is 0 Å². The molecule has 1 aromatic rings. The lowest BCUT2D eigenvalue weighted by molar-refractivity contribution is 0.400. The number of hydrogen-bond donors (Lipinski definition) is 0. The largest absolute Gasteiger partial charge is 0.309 e. The van der Waals surface area contributed by atoms with Gasteiger partial charge in [-0.05, 0) is 76.5 Å². The van der Waals surface area contributed by atoms with Crippen LogP contribution in [-0.4, -0.2) is 25.5 Å². The fourth-order valence-electron chi connectivity index (χ4n) is 1.87. The Morgan fingerprint density at radius 2 is 1.53 bits per heavy atom. The van der Waals surface area contributed by atoms with Crippen molar-refractivity contribution in [2.24, 2.45) is 0 Å². The Labute approximate surface area is 94.1 Å². The molecule has 0 heterocycles. The highest BCUT2D eigenvalue weighted by molar-refractivity contribution is 5.36. The number of rotatable bonds is 4. The zero-order valence-electron chi connectivity index (χ0n) is 10.7.